The lowest BCUT2D eigenvalue weighted by atomic mass is 9.89. The second-order valence-electron chi connectivity index (χ2n) is 28.6. The van der Waals surface area contributed by atoms with Gasteiger partial charge in [0.2, 0.25) is 41.4 Å². The van der Waals surface area contributed by atoms with Crippen LogP contribution in [0, 0.1) is 29.6 Å². The molecule has 2 heterocycles. The van der Waals surface area contributed by atoms with Crippen molar-refractivity contribution >= 4 is 82.6 Å². The van der Waals surface area contributed by atoms with Crippen molar-refractivity contribution in [1.82, 2.24) is 46.2 Å². The van der Waals surface area contributed by atoms with Crippen molar-refractivity contribution in [3.8, 4) is 0 Å². The van der Waals surface area contributed by atoms with Gasteiger partial charge in [-0.25, -0.2) is 14.4 Å². The number of nitrogens with one attached hydrogen (secondary N) is 6. The molecular formula is C77H114N12O16. The number of imide groups is 1. The molecule has 5 rings (SSSR count). The summed E-state index contributed by atoms with van der Waals surface area (Å²) in [5, 5.41) is 26.7. The molecule has 0 bridgehead atoms. The number of carboxylic acids is 1. The number of carbonyl (C=O) groups excluding carboxylic acids is 11. The first-order chi connectivity index (χ1) is 49.8. The maximum atomic E-state index is 14.9. The third-order valence-corrected chi connectivity index (χ3v) is 19.7. The lowest BCUT2D eigenvalue weighted by Crippen LogP contribution is -2.60. The van der Waals surface area contributed by atoms with Crippen molar-refractivity contribution in [2.45, 2.75) is 200 Å². The number of rotatable bonds is 43. The summed E-state index contributed by atoms with van der Waals surface area (Å²) >= 11 is 0. The summed E-state index contributed by atoms with van der Waals surface area (Å²) in [4.78, 5) is 167. The summed E-state index contributed by atoms with van der Waals surface area (Å²) < 4.78 is 17.7. The van der Waals surface area contributed by atoms with E-state index in [1.165, 1.54) is 31.3 Å². The lowest BCUT2D eigenvalue weighted by Gasteiger charge is -2.41. The van der Waals surface area contributed by atoms with Crippen LogP contribution < -0.4 is 42.5 Å². The second-order valence-corrected chi connectivity index (χ2v) is 28.6. The first-order valence-corrected chi connectivity index (χ1v) is 36.6. The Hall–Kier alpha value is -9.28. The van der Waals surface area contributed by atoms with Crippen molar-refractivity contribution in [2.75, 3.05) is 71.8 Å². The van der Waals surface area contributed by atoms with Crippen molar-refractivity contribution < 1.29 is 76.9 Å². The van der Waals surface area contributed by atoms with Gasteiger partial charge in [0.1, 0.15) is 30.8 Å². The Morgan fingerprint density at radius 3 is 1.89 bits per heavy atom. The molecule has 28 nitrogen and oxygen atoms in total. The van der Waals surface area contributed by atoms with E-state index in [0.717, 1.165) is 16.0 Å². The van der Waals surface area contributed by atoms with Gasteiger partial charge in [-0.2, -0.15) is 0 Å². The molecule has 0 aliphatic carbocycles. The third-order valence-electron chi connectivity index (χ3n) is 19.7. The highest BCUT2D eigenvalue weighted by molar-refractivity contribution is 6.12. The highest BCUT2D eigenvalue weighted by Gasteiger charge is 2.44. The number of urea groups is 1. The Morgan fingerprint density at radius 2 is 1.30 bits per heavy atom. The van der Waals surface area contributed by atoms with Crippen LogP contribution in [0.1, 0.15) is 143 Å². The number of hydrogen-bond acceptors (Lipinski definition) is 16. The van der Waals surface area contributed by atoms with Crippen LogP contribution in [0.3, 0.4) is 0 Å². The van der Waals surface area contributed by atoms with E-state index in [1.54, 1.807) is 105 Å². The Kier molecular flexibility index (Phi) is 35.1. The molecular weight excluding hydrogens is 1350 g/mol. The number of hydrogen-bond donors (Lipinski definition) is 8. The van der Waals surface area contributed by atoms with Gasteiger partial charge in [0, 0.05) is 90.9 Å². The number of likely N-dealkylation sites (tertiary alicyclic amines) is 1. The van der Waals surface area contributed by atoms with Gasteiger partial charge in [-0.1, -0.05) is 130 Å². The van der Waals surface area contributed by atoms with E-state index in [9.17, 15) is 62.6 Å². The summed E-state index contributed by atoms with van der Waals surface area (Å²) in [5.41, 5.74) is 8.49. The molecule has 3 aromatic rings. The molecule has 0 saturated carbocycles. The average Bonchev–Trinajstić information content (AvgIpc) is 1.80. The second kappa shape index (κ2) is 42.6. The number of ether oxygens (including phenoxy) is 3. The number of likely N-dealkylation sites (N-methyl/N-ethyl adjacent to an activating group) is 2. The molecule has 578 valence electrons. The van der Waals surface area contributed by atoms with Crippen LogP contribution in [-0.4, -0.2) is 212 Å². The molecule has 0 radical (unpaired) electrons. The van der Waals surface area contributed by atoms with Gasteiger partial charge in [0.15, 0.2) is 0 Å². The minimum Gasteiger partial charge on any atom is -0.480 e. The summed E-state index contributed by atoms with van der Waals surface area (Å²) in [6, 6.07) is 16.4. The molecule has 1 saturated heterocycles. The smallest absolute Gasteiger partial charge is 0.414 e. The molecule has 9 N–H and O–H groups in total. The number of aliphatic carboxylic acids is 1. The monoisotopic (exact) mass is 1460 g/mol. The predicted molar refractivity (Wildman–Crippen MR) is 398 cm³/mol. The molecule has 3 aromatic carbocycles. The summed E-state index contributed by atoms with van der Waals surface area (Å²) in [7, 11) is 8.12. The maximum absolute atomic E-state index is 14.9. The van der Waals surface area contributed by atoms with Crippen LogP contribution in [0.25, 0.3) is 0 Å². The van der Waals surface area contributed by atoms with Gasteiger partial charge in [-0.15, -0.1) is 0 Å². The van der Waals surface area contributed by atoms with E-state index < -0.39 is 96.2 Å². The van der Waals surface area contributed by atoms with Crippen LogP contribution in [0.15, 0.2) is 91.0 Å². The number of carboxylic acid groups (broad SMARTS) is 1. The quantitative estimate of drug-likeness (QED) is 0.0227. The van der Waals surface area contributed by atoms with Crippen LogP contribution >= 0.6 is 0 Å². The standard InChI is InChI=1S/C77H114N12O16/c1-15-50(8)68(60(103-13)45-64(93)88-42-23-27-59(88)69(104-14)51(9)70(94)82-58(75(99)100)44-53-24-18-16-19-25-53)87(12)74(98)66(48(4)5)84-73(97)67(49(6)7)85(10)43-39-52-31-35-56(36-32-52)86(11)77(102)105-46-54-29-33-55(34-30-54)80-71(95)57(26-22-40-79-76(78)101)81-72(96)65(47(2)3)83-61(90)28-20-17-21-41-89-62(91)37-38-63(89)92/h16,18-19,24-25,29-38,47-51,57-60,65-69H,15,17,20-23,26-28,39-46H2,1-14H3,(H,80,95)(H,81,96)(H,82,94)(H,83,90)(H,84,97)(H,99,100)(H3,78,79,101)/t50-,51+,57-,58-,59-,60+,65-,66-,67-,68-,69+/m0/s1. The lowest BCUT2D eigenvalue weighted by molar-refractivity contribution is -0.148. The fourth-order valence-electron chi connectivity index (χ4n) is 13.4. The summed E-state index contributed by atoms with van der Waals surface area (Å²) in [6.07, 6.45) is 4.71. The molecule has 105 heavy (non-hydrogen) atoms. The van der Waals surface area contributed by atoms with E-state index in [4.69, 9.17) is 19.9 Å². The normalized spacial score (nSPS) is 16.5. The zero-order valence-corrected chi connectivity index (χ0v) is 63.6. The van der Waals surface area contributed by atoms with Crippen molar-refractivity contribution in [1.29, 1.82) is 0 Å². The molecule has 28 heteroatoms. The number of nitrogens with two attached hydrogens (primary N) is 1. The van der Waals surface area contributed by atoms with Crippen molar-refractivity contribution in [3.63, 3.8) is 0 Å². The number of nitrogens with zero attached hydrogens (tertiary/aromatic N) is 5. The van der Waals surface area contributed by atoms with Crippen LogP contribution in [-0.2, 0) is 81.6 Å². The Bertz CT molecular complexity index is 3410. The number of amides is 12. The first kappa shape index (κ1) is 86.4. The third kappa shape index (κ3) is 26.1. The molecule has 2 aliphatic heterocycles. The Balaban J connectivity index is 1.13. The molecule has 12 amide bonds. The number of benzene rings is 3. The maximum Gasteiger partial charge on any atom is 0.414 e. The number of methoxy groups -OCH3 is 2. The fraction of sp³-hybridized carbons (Fsp3) is 0.584. The predicted octanol–water partition coefficient (Wildman–Crippen LogP) is 6.33. The van der Waals surface area contributed by atoms with Gasteiger partial charge in [-0.3, -0.25) is 57.9 Å². The molecule has 0 aromatic heterocycles. The summed E-state index contributed by atoms with van der Waals surface area (Å²) in [5.74, 6) is -6.64. The zero-order valence-electron chi connectivity index (χ0n) is 63.6. The van der Waals surface area contributed by atoms with Crippen molar-refractivity contribution in [3.05, 3.63) is 108 Å². The molecule has 1 fully saturated rings. The van der Waals surface area contributed by atoms with Gasteiger partial charge >= 0.3 is 18.1 Å². The van der Waals surface area contributed by atoms with E-state index in [-0.39, 0.29) is 111 Å². The van der Waals surface area contributed by atoms with Gasteiger partial charge < -0.3 is 66.8 Å². The largest absolute Gasteiger partial charge is 0.480 e. The Morgan fingerprint density at radius 1 is 0.676 bits per heavy atom. The average molecular weight is 1460 g/mol. The van der Waals surface area contributed by atoms with Gasteiger partial charge in [0.05, 0.1) is 42.7 Å². The molecule has 2 aliphatic rings. The van der Waals surface area contributed by atoms with E-state index in [0.29, 0.717) is 75.0 Å². The van der Waals surface area contributed by atoms with Gasteiger partial charge in [-0.05, 0) is 117 Å². The van der Waals surface area contributed by atoms with Crippen molar-refractivity contribution in [2.24, 2.45) is 35.3 Å². The van der Waals surface area contributed by atoms with E-state index >= 15 is 0 Å². The van der Waals surface area contributed by atoms with Crippen LogP contribution in [0.5, 0.6) is 0 Å². The number of primary amides is 1. The molecule has 0 spiro atoms. The number of carbonyl (C=O) groups is 12. The van der Waals surface area contributed by atoms with Gasteiger partial charge in [0.25, 0.3) is 11.8 Å². The Labute approximate surface area is 618 Å². The minimum atomic E-state index is -1.18. The fourth-order valence-corrected chi connectivity index (χ4v) is 13.4. The van der Waals surface area contributed by atoms with E-state index in [1.807, 2.05) is 71.7 Å². The number of anilines is 2. The topological polar surface area (TPSA) is 367 Å². The minimum absolute atomic E-state index is 0.0868. The highest BCUT2D eigenvalue weighted by Crippen LogP contribution is 2.31. The highest BCUT2D eigenvalue weighted by atomic mass is 16.6. The van der Waals surface area contributed by atoms with Crippen LogP contribution in [0.4, 0.5) is 21.0 Å². The first-order valence-electron chi connectivity index (χ1n) is 36.6. The molecule has 0 unspecified atom stereocenters. The zero-order chi connectivity index (χ0) is 77.8. The van der Waals surface area contributed by atoms with Crippen LogP contribution in [0.2, 0.25) is 0 Å². The van der Waals surface area contributed by atoms with E-state index in [2.05, 4.69) is 31.9 Å². The number of unbranched alkanes of at least 4 members (excludes halogenated alkanes) is 2. The SMILES string of the molecule is CC[C@H](C)[C@@H]([C@@H](CC(=O)N1CCC[C@H]1[C@H](OC)[C@@H](C)C(=O)N[C@@H](Cc1ccccc1)C(=O)O)OC)N(C)C(=O)[C@@H](NC(=O)[C@H](C(C)C)N(C)CCc1ccc(N(C)C(=O)OCc2ccc(NC(=O)[C@H](CCCNC(N)=O)NC(=O)[C@@H](NC(=O)CCCCCN3C(=O)C=CC3=O)C(C)C)cc2)cc1)C(C)C. The summed E-state index contributed by atoms with van der Waals surface area (Å²) in [6.45, 7) is 18.0. The molecule has 11 atom stereocenters.